The maximum absolute atomic E-state index is 13.5. The van der Waals surface area contributed by atoms with Crippen LogP contribution in [0.2, 0.25) is 0 Å². The molecule has 0 aromatic heterocycles. The lowest BCUT2D eigenvalue weighted by Crippen LogP contribution is -1.93. The van der Waals surface area contributed by atoms with Gasteiger partial charge in [-0.3, -0.25) is 0 Å². The molecule has 2 aromatic rings. The van der Waals surface area contributed by atoms with E-state index in [-0.39, 0.29) is 5.82 Å². The molecule has 0 unspecified atom stereocenters. The van der Waals surface area contributed by atoms with Crippen molar-refractivity contribution in [3.63, 3.8) is 0 Å². The van der Waals surface area contributed by atoms with Crippen LogP contribution in [0, 0.1) is 12.7 Å². The van der Waals surface area contributed by atoms with Gasteiger partial charge in [-0.15, -0.1) is 0 Å². The van der Waals surface area contributed by atoms with E-state index < -0.39 is 0 Å². The van der Waals surface area contributed by atoms with Crippen LogP contribution in [-0.2, 0) is 0 Å². The van der Waals surface area contributed by atoms with Crippen LogP contribution in [0.25, 0.3) is 11.1 Å². The first-order chi connectivity index (χ1) is 8.65. The van der Waals surface area contributed by atoms with E-state index in [1.54, 1.807) is 14.2 Å². The number of aryl methyl sites for hydroxylation is 1. The van der Waals surface area contributed by atoms with Crippen LogP contribution in [0.4, 0.5) is 4.39 Å². The van der Waals surface area contributed by atoms with Gasteiger partial charge in [0, 0.05) is 0 Å². The molecule has 0 amide bonds. The van der Waals surface area contributed by atoms with Crippen LogP contribution < -0.4 is 9.47 Å². The van der Waals surface area contributed by atoms with Gasteiger partial charge in [0.15, 0.2) is 0 Å². The van der Waals surface area contributed by atoms with Crippen molar-refractivity contribution in [2.75, 3.05) is 14.2 Å². The van der Waals surface area contributed by atoms with Gasteiger partial charge < -0.3 is 9.47 Å². The van der Waals surface area contributed by atoms with Crippen molar-refractivity contribution < 1.29 is 13.9 Å². The monoisotopic (exact) mass is 246 g/mol. The average Bonchev–Trinajstić information content (AvgIpc) is 2.36. The Balaban J connectivity index is 2.68. The molecule has 0 fully saturated rings. The zero-order valence-electron chi connectivity index (χ0n) is 10.7. The third kappa shape index (κ3) is 2.30. The van der Waals surface area contributed by atoms with Gasteiger partial charge >= 0.3 is 0 Å². The Kier molecular flexibility index (Phi) is 3.51. The first kappa shape index (κ1) is 12.4. The highest BCUT2D eigenvalue weighted by atomic mass is 19.1. The van der Waals surface area contributed by atoms with Gasteiger partial charge in [-0.1, -0.05) is 12.1 Å². The van der Waals surface area contributed by atoms with Crippen molar-refractivity contribution in [2.24, 2.45) is 0 Å². The minimum Gasteiger partial charge on any atom is -0.496 e. The second kappa shape index (κ2) is 5.08. The van der Waals surface area contributed by atoms with Gasteiger partial charge in [-0.05, 0) is 42.3 Å². The lowest BCUT2D eigenvalue weighted by molar-refractivity contribution is 0.397. The molecular formula is C15H15FO2. The highest BCUT2D eigenvalue weighted by molar-refractivity contribution is 5.77. The number of rotatable bonds is 3. The average molecular weight is 246 g/mol. The van der Waals surface area contributed by atoms with Gasteiger partial charge in [0.2, 0.25) is 0 Å². The van der Waals surface area contributed by atoms with E-state index in [1.807, 2.05) is 31.2 Å². The topological polar surface area (TPSA) is 18.5 Å². The number of hydrogen-bond acceptors (Lipinski definition) is 2. The molecule has 0 aliphatic carbocycles. The summed E-state index contributed by atoms with van der Waals surface area (Å²) in [6.07, 6.45) is 0. The molecule has 0 N–H and O–H groups in total. The summed E-state index contributed by atoms with van der Waals surface area (Å²) >= 11 is 0. The van der Waals surface area contributed by atoms with Gasteiger partial charge in [0.05, 0.1) is 19.8 Å². The van der Waals surface area contributed by atoms with Gasteiger partial charge in [-0.2, -0.15) is 0 Å². The second-order valence-electron chi connectivity index (χ2n) is 4.05. The number of hydrogen-bond donors (Lipinski definition) is 0. The summed E-state index contributed by atoms with van der Waals surface area (Å²) in [5.74, 6) is 1.07. The van der Waals surface area contributed by atoms with Gasteiger partial charge in [0.1, 0.15) is 17.3 Å². The van der Waals surface area contributed by atoms with Crippen LogP contribution in [-0.4, -0.2) is 14.2 Å². The first-order valence-electron chi connectivity index (χ1n) is 5.64. The first-order valence-corrected chi connectivity index (χ1v) is 5.64. The fourth-order valence-corrected chi connectivity index (χ4v) is 2.02. The Hall–Kier alpha value is -2.03. The molecule has 0 aliphatic rings. The molecule has 2 aromatic carbocycles. The number of halogens is 1. The van der Waals surface area contributed by atoms with Crippen LogP contribution in [0.15, 0.2) is 36.4 Å². The van der Waals surface area contributed by atoms with E-state index in [1.165, 1.54) is 12.1 Å². The number of ether oxygens (including phenoxy) is 2. The van der Waals surface area contributed by atoms with E-state index in [9.17, 15) is 4.39 Å². The third-order valence-corrected chi connectivity index (χ3v) is 2.76. The summed E-state index contributed by atoms with van der Waals surface area (Å²) < 4.78 is 24.1. The van der Waals surface area contributed by atoms with Crippen LogP contribution in [0.1, 0.15) is 5.56 Å². The summed E-state index contributed by atoms with van der Waals surface area (Å²) in [6.45, 7) is 1.86. The molecule has 0 saturated heterocycles. The lowest BCUT2D eigenvalue weighted by Gasteiger charge is -2.13. The third-order valence-electron chi connectivity index (χ3n) is 2.76. The van der Waals surface area contributed by atoms with Gasteiger partial charge in [0.25, 0.3) is 0 Å². The van der Waals surface area contributed by atoms with Crippen molar-refractivity contribution >= 4 is 0 Å². The maximum atomic E-state index is 13.5. The Morgan fingerprint density at radius 2 is 1.56 bits per heavy atom. The van der Waals surface area contributed by atoms with E-state index >= 15 is 0 Å². The molecule has 2 nitrogen and oxygen atoms in total. The molecular weight excluding hydrogens is 231 g/mol. The molecule has 18 heavy (non-hydrogen) atoms. The molecule has 94 valence electrons. The summed E-state index contributed by atoms with van der Waals surface area (Å²) in [6, 6.07) is 10.4. The fourth-order valence-electron chi connectivity index (χ4n) is 2.02. The zero-order valence-corrected chi connectivity index (χ0v) is 10.7. The molecule has 0 radical (unpaired) electrons. The molecule has 2 rings (SSSR count). The predicted molar refractivity (Wildman–Crippen MR) is 69.7 cm³/mol. The molecule has 0 spiro atoms. The van der Waals surface area contributed by atoms with E-state index in [0.29, 0.717) is 11.5 Å². The number of benzene rings is 2. The van der Waals surface area contributed by atoms with Crippen molar-refractivity contribution in [3.8, 4) is 22.6 Å². The van der Waals surface area contributed by atoms with Gasteiger partial charge in [-0.25, -0.2) is 4.39 Å². The van der Waals surface area contributed by atoms with E-state index in [2.05, 4.69) is 0 Å². The Morgan fingerprint density at radius 3 is 2.06 bits per heavy atom. The fraction of sp³-hybridized carbons (Fsp3) is 0.200. The highest BCUT2D eigenvalue weighted by Gasteiger charge is 2.13. The Labute approximate surface area is 106 Å². The molecule has 0 aliphatic heterocycles. The highest BCUT2D eigenvalue weighted by Crippen LogP contribution is 2.38. The predicted octanol–water partition coefficient (Wildman–Crippen LogP) is 3.82. The van der Waals surface area contributed by atoms with E-state index in [0.717, 1.165) is 16.7 Å². The smallest absolute Gasteiger partial charge is 0.130 e. The summed E-state index contributed by atoms with van der Waals surface area (Å²) in [5.41, 5.74) is 2.38. The second-order valence-corrected chi connectivity index (χ2v) is 4.05. The zero-order chi connectivity index (χ0) is 13.1. The molecule has 0 heterocycles. The minimum absolute atomic E-state index is 0.266. The van der Waals surface area contributed by atoms with Crippen molar-refractivity contribution in [1.29, 1.82) is 0 Å². The molecule has 0 atom stereocenters. The van der Waals surface area contributed by atoms with Crippen molar-refractivity contribution in [2.45, 2.75) is 6.92 Å². The van der Waals surface area contributed by atoms with Crippen LogP contribution >= 0.6 is 0 Å². The van der Waals surface area contributed by atoms with E-state index in [4.69, 9.17) is 9.47 Å². The minimum atomic E-state index is -0.266. The molecule has 3 heteroatoms. The number of methoxy groups -OCH3 is 2. The largest absolute Gasteiger partial charge is 0.496 e. The molecule has 0 saturated carbocycles. The SMILES string of the molecule is COc1cccc(OC)c1-c1cc(C)cc(F)c1. The Morgan fingerprint density at radius 1 is 0.944 bits per heavy atom. The molecule has 0 bridgehead atoms. The summed E-state index contributed by atoms with van der Waals surface area (Å²) in [5, 5.41) is 0. The Bertz CT molecular complexity index is 522. The van der Waals surface area contributed by atoms with Crippen LogP contribution in [0.3, 0.4) is 0 Å². The summed E-state index contributed by atoms with van der Waals surface area (Å²) in [7, 11) is 3.18. The standard InChI is InChI=1S/C15H15FO2/c1-10-7-11(9-12(16)8-10)15-13(17-2)5-4-6-14(15)18-3/h4-9H,1-3H3. The lowest BCUT2D eigenvalue weighted by atomic mass is 10.0. The van der Waals surface area contributed by atoms with Crippen LogP contribution in [0.5, 0.6) is 11.5 Å². The quantitative estimate of drug-likeness (QED) is 0.819. The van der Waals surface area contributed by atoms with Crippen molar-refractivity contribution in [3.05, 3.63) is 47.8 Å². The normalized spacial score (nSPS) is 10.2. The van der Waals surface area contributed by atoms with Crippen molar-refractivity contribution in [1.82, 2.24) is 0 Å². The maximum Gasteiger partial charge on any atom is 0.130 e. The summed E-state index contributed by atoms with van der Waals surface area (Å²) in [4.78, 5) is 0.